The van der Waals surface area contributed by atoms with Crippen LogP contribution in [0.5, 0.6) is 0 Å². The summed E-state index contributed by atoms with van der Waals surface area (Å²) in [6.07, 6.45) is 4.93. The summed E-state index contributed by atoms with van der Waals surface area (Å²) < 4.78 is 0. The van der Waals surface area contributed by atoms with E-state index in [1.54, 1.807) is 6.20 Å². The first-order valence-corrected chi connectivity index (χ1v) is 13.0. The van der Waals surface area contributed by atoms with Crippen molar-refractivity contribution in [3.63, 3.8) is 0 Å². The molecule has 0 saturated carbocycles. The van der Waals surface area contributed by atoms with Crippen LogP contribution in [0, 0.1) is 0 Å². The van der Waals surface area contributed by atoms with E-state index < -0.39 is 47.9 Å². The molecule has 1 aromatic carbocycles. The third-order valence-corrected chi connectivity index (χ3v) is 6.34. The van der Waals surface area contributed by atoms with E-state index in [4.69, 9.17) is 17.2 Å². The van der Waals surface area contributed by atoms with Gasteiger partial charge in [-0.3, -0.25) is 14.4 Å². The van der Waals surface area contributed by atoms with Gasteiger partial charge in [0.1, 0.15) is 18.1 Å². The Labute approximate surface area is 222 Å². The first kappa shape index (κ1) is 30.7. The van der Waals surface area contributed by atoms with Gasteiger partial charge < -0.3 is 43.2 Å². The zero-order valence-corrected chi connectivity index (χ0v) is 21.9. The van der Waals surface area contributed by atoms with Gasteiger partial charge in [0, 0.05) is 17.1 Å². The summed E-state index contributed by atoms with van der Waals surface area (Å²) in [7, 11) is 0. The van der Waals surface area contributed by atoms with Crippen LogP contribution in [0.4, 0.5) is 0 Å². The molecule has 1 heterocycles. The van der Waals surface area contributed by atoms with E-state index in [1.165, 1.54) is 6.92 Å². The molecule has 1 aromatic heterocycles. The van der Waals surface area contributed by atoms with Crippen LogP contribution in [0.3, 0.4) is 0 Å². The van der Waals surface area contributed by atoms with Crippen molar-refractivity contribution in [2.24, 2.45) is 17.2 Å². The van der Waals surface area contributed by atoms with Gasteiger partial charge in [-0.2, -0.15) is 0 Å². The van der Waals surface area contributed by atoms with E-state index in [1.807, 2.05) is 24.3 Å². The maximum absolute atomic E-state index is 12.9. The quantitative estimate of drug-likeness (QED) is 0.128. The molecule has 2 aromatic rings. The summed E-state index contributed by atoms with van der Waals surface area (Å²) in [6, 6.07) is 3.73. The number of aromatic nitrogens is 1. The number of para-hydroxylation sites is 1. The number of hydrogen-bond acceptors (Lipinski definition) is 7. The van der Waals surface area contributed by atoms with Crippen LogP contribution in [0.25, 0.3) is 10.9 Å². The minimum absolute atomic E-state index is 0.225. The normalized spacial score (nSPS) is 14.3. The number of H-pyrrole nitrogens is 1. The average Bonchev–Trinajstić information content (AvgIpc) is 3.29. The number of hydrogen-bond donors (Lipinski definition) is 8. The fourth-order valence-corrected chi connectivity index (χ4v) is 4.10. The molecule has 210 valence electrons. The number of carboxylic acids is 1. The van der Waals surface area contributed by atoms with Crippen LogP contribution in [0.1, 0.15) is 51.0 Å². The van der Waals surface area contributed by atoms with Gasteiger partial charge in [-0.05, 0) is 76.6 Å². The molecule has 0 bridgehead atoms. The van der Waals surface area contributed by atoms with Crippen molar-refractivity contribution in [1.29, 1.82) is 0 Å². The van der Waals surface area contributed by atoms with Crippen LogP contribution in [-0.2, 0) is 25.6 Å². The van der Waals surface area contributed by atoms with Crippen molar-refractivity contribution in [2.45, 2.75) is 76.0 Å². The smallest absolute Gasteiger partial charge is 0.326 e. The largest absolute Gasteiger partial charge is 0.480 e. The molecule has 0 radical (unpaired) electrons. The fourth-order valence-electron chi connectivity index (χ4n) is 4.10. The monoisotopic (exact) mass is 531 g/mol. The summed E-state index contributed by atoms with van der Waals surface area (Å²) in [4.78, 5) is 53.2. The summed E-state index contributed by atoms with van der Waals surface area (Å²) >= 11 is 0. The topological polar surface area (TPSA) is 218 Å². The number of nitrogens with two attached hydrogens (primary N) is 3. The van der Waals surface area contributed by atoms with Gasteiger partial charge in [-0.15, -0.1) is 0 Å². The molecule has 0 aliphatic heterocycles. The van der Waals surface area contributed by atoms with Gasteiger partial charge >= 0.3 is 5.97 Å². The molecule has 4 atom stereocenters. The maximum Gasteiger partial charge on any atom is 0.326 e. The first-order chi connectivity index (χ1) is 18.2. The predicted octanol–water partition coefficient (Wildman–Crippen LogP) is -0.145. The third-order valence-electron chi connectivity index (χ3n) is 6.34. The zero-order chi connectivity index (χ0) is 28.1. The van der Waals surface area contributed by atoms with Crippen molar-refractivity contribution < 1.29 is 24.3 Å². The highest BCUT2D eigenvalue weighted by Crippen LogP contribution is 2.18. The first-order valence-electron chi connectivity index (χ1n) is 13.0. The Balaban J connectivity index is 1.97. The average molecular weight is 532 g/mol. The second-order valence-corrected chi connectivity index (χ2v) is 9.43. The Bertz CT molecular complexity index is 1070. The van der Waals surface area contributed by atoms with Gasteiger partial charge in [-0.25, -0.2) is 4.79 Å². The fraction of sp³-hybridized carbons (Fsp3) is 0.538. The number of carbonyl (C=O) groups is 4. The van der Waals surface area contributed by atoms with Crippen molar-refractivity contribution in [3.8, 4) is 0 Å². The second kappa shape index (κ2) is 15.7. The molecule has 3 amide bonds. The minimum atomic E-state index is -1.16. The highest BCUT2D eigenvalue weighted by molar-refractivity contribution is 5.94. The number of carboxylic acid groups (broad SMARTS) is 1. The van der Waals surface area contributed by atoms with E-state index in [0.29, 0.717) is 38.8 Å². The Morgan fingerprint density at radius 1 is 0.868 bits per heavy atom. The zero-order valence-electron chi connectivity index (χ0n) is 21.9. The number of amides is 3. The van der Waals surface area contributed by atoms with E-state index in [9.17, 15) is 24.3 Å². The van der Waals surface area contributed by atoms with Crippen molar-refractivity contribution in [1.82, 2.24) is 20.9 Å². The molecular weight excluding hydrogens is 490 g/mol. The van der Waals surface area contributed by atoms with Crippen molar-refractivity contribution >= 4 is 34.6 Å². The SMILES string of the molecule is CC(NC(=O)C(N)Cc1c[nH]c2ccccc12)C(=O)NC(CCCCN)C(=O)NC(CCCCN)C(=O)O. The number of benzene rings is 1. The molecule has 11 N–H and O–H groups in total. The lowest BCUT2D eigenvalue weighted by molar-refractivity contribution is -0.142. The van der Waals surface area contributed by atoms with Crippen LogP contribution < -0.4 is 33.2 Å². The predicted molar refractivity (Wildman–Crippen MR) is 145 cm³/mol. The Morgan fingerprint density at radius 3 is 2.11 bits per heavy atom. The number of rotatable bonds is 17. The molecule has 4 unspecified atom stereocenters. The number of carbonyl (C=O) groups excluding carboxylic acids is 3. The minimum Gasteiger partial charge on any atom is -0.480 e. The van der Waals surface area contributed by atoms with Crippen LogP contribution in [0.2, 0.25) is 0 Å². The summed E-state index contributed by atoms with van der Waals surface area (Å²) in [5.41, 5.74) is 19.0. The standard InChI is InChI=1S/C26H41N7O5/c1-16(31-24(35)19(29)14-17-15-30-20-9-3-2-8-18(17)20)23(34)32-21(10-4-6-12-27)25(36)33-22(26(37)38)11-5-7-13-28/h2-3,8-9,15-16,19,21-22,30H,4-7,10-14,27-29H2,1H3,(H,31,35)(H,32,34)(H,33,36)(H,37,38). The number of aliphatic carboxylic acids is 1. The molecule has 2 rings (SSSR count). The van der Waals surface area contributed by atoms with Gasteiger partial charge in [0.15, 0.2) is 0 Å². The summed E-state index contributed by atoms with van der Waals surface area (Å²) in [5.74, 6) is -2.86. The number of aromatic amines is 1. The van der Waals surface area contributed by atoms with Crippen LogP contribution in [0.15, 0.2) is 30.5 Å². The van der Waals surface area contributed by atoms with Gasteiger partial charge in [0.25, 0.3) is 0 Å². The molecule has 0 saturated heterocycles. The van der Waals surface area contributed by atoms with E-state index in [-0.39, 0.29) is 19.3 Å². The Morgan fingerprint density at radius 2 is 1.47 bits per heavy atom. The highest BCUT2D eigenvalue weighted by Gasteiger charge is 2.28. The molecule has 0 spiro atoms. The molecule has 0 aliphatic rings. The molecule has 12 heteroatoms. The van der Waals surface area contributed by atoms with Gasteiger partial charge in [-0.1, -0.05) is 18.2 Å². The van der Waals surface area contributed by atoms with E-state index in [0.717, 1.165) is 16.5 Å². The highest BCUT2D eigenvalue weighted by atomic mass is 16.4. The number of unbranched alkanes of at least 4 members (excludes halogenated alkanes) is 2. The maximum atomic E-state index is 12.9. The molecule has 0 fully saturated rings. The number of fused-ring (bicyclic) bond motifs is 1. The van der Waals surface area contributed by atoms with Crippen LogP contribution >= 0.6 is 0 Å². The van der Waals surface area contributed by atoms with Gasteiger partial charge in [0.2, 0.25) is 17.7 Å². The number of nitrogens with one attached hydrogen (secondary N) is 4. The molecule has 38 heavy (non-hydrogen) atoms. The van der Waals surface area contributed by atoms with Crippen molar-refractivity contribution in [3.05, 3.63) is 36.0 Å². The lowest BCUT2D eigenvalue weighted by Gasteiger charge is -2.24. The van der Waals surface area contributed by atoms with Crippen molar-refractivity contribution in [2.75, 3.05) is 13.1 Å². The summed E-state index contributed by atoms with van der Waals surface area (Å²) in [6.45, 7) is 2.33. The van der Waals surface area contributed by atoms with Gasteiger partial charge in [0.05, 0.1) is 6.04 Å². The Hall–Kier alpha value is -3.48. The lowest BCUT2D eigenvalue weighted by atomic mass is 10.0. The third kappa shape index (κ3) is 9.43. The molecular formula is C26H41N7O5. The Kier molecular flexibility index (Phi) is 12.7. The molecule has 12 nitrogen and oxygen atoms in total. The van der Waals surface area contributed by atoms with E-state index >= 15 is 0 Å². The lowest BCUT2D eigenvalue weighted by Crippen LogP contribution is -2.56. The summed E-state index contributed by atoms with van der Waals surface area (Å²) in [5, 5.41) is 18.2. The van der Waals surface area contributed by atoms with Crippen LogP contribution in [-0.4, -0.2) is 71.0 Å². The molecule has 0 aliphatic carbocycles. The van der Waals surface area contributed by atoms with E-state index in [2.05, 4.69) is 20.9 Å². The second-order valence-electron chi connectivity index (χ2n) is 9.43.